The number of urea groups is 1. The molecule has 0 radical (unpaired) electrons. The van der Waals surface area contributed by atoms with Gasteiger partial charge in [-0.05, 0) is 5.56 Å². The minimum atomic E-state index is -1.13. The van der Waals surface area contributed by atoms with Crippen molar-refractivity contribution in [3.05, 3.63) is 48.3 Å². The van der Waals surface area contributed by atoms with Gasteiger partial charge in [-0.25, -0.2) is 9.59 Å². The Morgan fingerprint density at radius 3 is 2.58 bits per heavy atom. The Morgan fingerprint density at radius 1 is 1.26 bits per heavy atom. The van der Waals surface area contributed by atoms with Crippen LogP contribution in [0.4, 0.5) is 10.5 Å². The van der Waals surface area contributed by atoms with Crippen LogP contribution in [0.3, 0.4) is 0 Å². The molecule has 2 aromatic rings. The molecule has 2 rings (SSSR count). The predicted molar refractivity (Wildman–Crippen MR) is 67.6 cm³/mol. The normalized spacial score (nSPS) is 11.6. The number of aromatic nitrogens is 2. The first-order valence-corrected chi connectivity index (χ1v) is 5.51. The molecule has 2 amide bonds. The number of rotatable bonds is 4. The van der Waals surface area contributed by atoms with Crippen molar-refractivity contribution in [1.29, 1.82) is 0 Å². The zero-order valence-electron chi connectivity index (χ0n) is 9.83. The average Bonchev–Trinajstić information content (AvgIpc) is 2.89. The number of benzene rings is 1. The highest BCUT2D eigenvalue weighted by atomic mass is 16.4. The van der Waals surface area contributed by atoms with Crippen molar-refractivity contribution in [2.45, 2.75) is 6.04 Å². The molecule has 0 saturated carbocycles. The van der Waals surface area contributed by atoms with E-state index in [0.717, 1.165) is 0 Å². The van der Waals surface area contributed by atoms with Crippen molar-refractivity contribution in [2.75, 3.05) is 5.32 Å². The van der Waals surface area contributed by atoms with Gasteiger partial charge in [-0.2, -0.15) is 5.10 Å². The van der Waals surface area contributed by atoms with E-state index in [1.807, 2.05) is 0 Å². The van der Waals surface area contributed by atoms with E-state index in [4.69, 9.17) is 5.11 Å². The van der Waals surface area contributed by atoms with E-state index in [0.29, 0.717) is 11.3 Å². The smallest absolute Gasteiger partial charge is 0.330 e. The zero-order chi connectivity index (χ0) is 13.7. The van der Waals surface area contributed by atoms with Gasteiger partial charge in [0.25, 0.3) is 0 Å². The maximum absolute atomic E-state index is 11.7. The largest absolute Gasteiger partial charge is 0.479 e. The van der Waals surface area contributed by atoms with Gasteiger partial charge >= 0.3 is 12.0 Å². The average molecular weight is 260 g/mol. The zero-order valence-corrected chi connectivity index (χ0v) is 9.83. The van der Waals surface area contributed by atoms with E-state index < -0.39 is 18.0 Å². The second-order valence-corrected chi connectivity index (χ2v) is 3.77. The summed E-state index contributed by atoms with van der Waals surface area (Å²) in [5.74, 6) is -1.13. The van der Waals surface area contributed by atoms with Crippen molar-refractivity contribution < 1.29 is 14.7 Å². The van der Waals surface area contributed by atoms with Gasteiger partial charge in [-0.1, -0.05) is 30.3 Å². The van der Waals surface area contributed by atoms with Gasteiger partial charge in [0.05, 0.1) is 11.9 Å². The summed E-state index contributed by atoms with van der Waals surface area (Å²) in [6.45, 7) is 0. The van der Waals surface area contributed by atoms with Crippen LogP contribution in [0.15, 0.2) is 42.7 Å². The Hall–Kier alpha value is -2.83. The first kappa shape index (κ1) is 12.6. The minimum Gasteiger partial charge on any atom is -0.479 e. The number of carbonyl (C=O) groups excluding carboxylic acids is 1. The van der Waals surface area contributed by atoms with Crippen molar-refractivity contribution in [1.82, 2.24) is 15.5 Å². The van der Waals surface area contributed by atoms with E-state index >= 15 is 0 Å². The van der Waals surface area contributed by atoms with Gasteiger partial charge in [0.2, 0.25) is 0 Å². The SMILES string of the molecule is O=C(Nc1cn[nH]c1)N[C@H](C(=O)O)c1ccccc1. The maximum Gasteiger partial charge on any atom is 0.330 e. The van der Waals surface area contributed by atoms with E-state index in [-0.39, 0.29) is 0 Å². The number of carboxylic acids is 1. The molecule has 98 valence electrons. The van der Waals surface area contributed by atoms with Gasteiger partial charge in [0.1, 0.15) is 0 Å². The highest BCUT2D eigenvalue weighted by molar-refractivity contribution is 5.92. The van der Waals surface area contributed by atoms with Crippen molar-refractivity contribution >= 4 is 17.7 Å². The maximum atomic E-state index is 11.7. The van der Waals surface area contributed by atoms with Crippen LogP contribution in [0.25, 0.3) is 0 Å². The summed E-state index contributed by atoms with van der Waals surface area (Å²) in [5.41, 5.74) is 0.951. The Kier molecular flexibility index (Phi) is 3.77. The summed E-state index contributed by atoms with van der Waals surface area (Å²) in [7, 11) is 0. The quantitative estimate of drug-likeness (QED) is 0.665. The van der Waals surface area contributed by atoms with E-state index in [2.05, 4.69) is 20.8 Å². The number of hydrogen-bond acceptors (Lipinski definition) is 3. The highest BCUT2D eigenvalue weighted by Crippen LogP contribution is 2.13. The van der Waals surface area contributed by atoms with Crippen molar-refractivity contribution in [3.63, 3.8) is 0 Å². The number of carbonyl (C=O) groups is 2. The number of nitrogens with one attached hydrogen (secondary N) is 3. The second-order valence-electron chi connectivity index (χ2n) is 3.77. The Morgan fingerprint density at radius 2 is 2.00 bits per heavy atom. The summed E-state index contributed by atoms with van der Waals surface area (Å²) in [5, 5.41) is 20.2. The second kappa shape index (κ2) is 5.67. The molecule has 0 fully saturated rings. The molecule has 7 nitrogen and oxygen atoms in total. The third-order valence-electron chi connectivity index (χ3n) is 2.41. The summed E-state index contributed by atoms with van der Waals surface area (Å²) >= 11 is 0. The summed E-state index contributed by atoms with van der Waals surface area (Å²) < 4.78 is 0. The molecule has 0 spiro atoms. The third kappa shape index (κ3) is 3.32. The van der Waals surface area contributed by atoms with Crippen LogP contribution in [0, 0.1) is 0 Å². The molecular weight excluding hydrogens is 248 g/mol. The molecule has 0 aliphatic carbocycles. The molecule has 4 N–H and O–H groups in total. The molecular formula is C12H12N4O3. The van der Waals surface area contributed by atoms with E-state index in [9.17, 15) is 9.59 Å². The van der Waals surface area contributed by atoms with Gasteiger partial charge in [-0.3, -0.25) is 5.10 Å². The summed E-state index contributed by atoms with van der Waals surface area (Å²) in [4.78, 5) is 22.8. The topological polar surface area (TPSA) is 107 Å². The van der Waals surface area contributed by atoms with Crippen LogP contribution in [0.5, 0.6) is 0 Å². The number of hydrogen-bond donors (Lipinski definition) is 4. The molecule has 0 aliphatic rings. The fourth-order valence-electron chi connectivity index (χ4n) is 1.55. The van der Waals surface area contributed by atoms with Crippen LogP contribution in [-0.2, 0) is 4.79 Å². The monoisotopic (exact) mass is 260 g/mol. The van der Waals surface area contributed by atoms with Gasteiger partial charge < -0.3 is 15.7 Å². The molecule has 1 aromatic heterocycles. The lowest BCUT2D eigenvalue weighted by atomic mass is 10.1. The molecule has 0 aliphatic heterocycles. The molecule has 0 saturated heterocycles. The fourth-order valence-corrected chi connectivity index (χ4v) is 1.55. The Balaban J connectivity index is 2.05. The standard InChI is InChI=1S/C12H12N4O3/c17-11(18)10(8-4-2-1-3-5-8)16-12(19)15-9-6-13-14-7-9/h1-7,10H,(H,13,14)(H,17,18)(H2,15,16,19)/t10-/m0/s1. The first-order chi connectivity index (χ1) is 9.16. The van der Waals surface area contributed by atoms with Gasteiger partial charge in [0.15, 0.2) is 6.04 Å². The molecule has 0 unspecified atom stereocenters. The van der Waals surface area contributed by atoms with Gasteiger partial charge in [-0.15, -0.1) is 0 Å². The van der Waals surface area contributed by atoms with Gasteiger partial charge in [0, 0.05) is 6.20 Å². The minimum absolute atomic E-state index is 0.453. The number of aromatic amines is 1. The van der Waals surface area contributed by atoms with Crippen molar-refractivity contribution in [2.24, 2.45) is 0 Å². The molecule has 1 aromatic carbocycles. The van der Waals surface area contributed by atoms with Crippen LogP contribution in [0.1, 0.15) is 11.6 Å². The first-order valence-electron chi connectivity index (χ1n) is 5.51. The number of carboxylic acid groups (broad SMARTS) is 1. The van der Waals surface area contributed by atoms with E-state index in [1.54, 1.807) is 30.3 Å². The number of anilines is 1. The number of nitrogens with zero attached hydrogens (tertiary/aromatic N) is 1. The molecule has 7 heteroatoms. The molecule has 1 atom stereocenters. The number of amides is 2. The molecule has 1 heterocycles. The lowest BCUT2D eigenvalue weighted by Crippen LogP contribution is -2.36. The Bertz CT molecular complexity index is 554. The lowest BCUT2D eigenvalue weighted by Gasteiger charge is -2.14. The van der Waals surface area contributed by atoms with Crippen LogP contribution < -0.4 is 10.6 Å². The fraction of sp³-hybridized carbons (Fsp3) is 0.0833. The lowest BCUT2D eigenvalue weighted by molar-refractivity contribution is -0.139. The van der Waals surface area contributed by atoms with Crippen LogP contribution in [-0.4, -0.2) is 27.3 Å². The van der Waals surface area contributed by atoms with Crippen LogP contribution >= 0.6 is 0 Å². The third-order valence-corrected chi connectivity index (χ3v) is 2.41. The summed E-state index contributed by atoms with van der Waals surface area (Å²) in [6.07, 6.45) is 2.90. The van der Waals surface area contributed by atoms with E-state index in [1.165, 1.54) is 12.4 Å². The number of H-pyrrole nitrogens is 1. The highest BCUT2D eigenvalue weighted by Gasteiger charge is 2.21. The predicted octanol–water partition coefficient (Wildman–Crippen LogP) is 1.36. The Labute approximate surface area is 108 Å². The number of aliphatic carboxylic acids is 1. The summed E-state index contributed by atoms with van der Waals surface area (Å²) in [6, 6.07) is 6.75. The molecule has 0 bridgehead atoms. The van der Waals surface area contributed by atoms with Crippen molar-refractivity contribution in [3.8, 4) is 0 Å². The molecule has 19 heavy (non-hydrogen) atoms. The van der Waals surface area contributed by atoms with Crippen LogP contribution in [0.2, 0.25) is 0 Å².